The van der Waals surface area contributed by atoms with Gasteiger partial charge in [0.1, 0.15) is 0 Å². The minimum atomic E-state index is 0.109. The molecule has 0 aliphatic heterocycles. The first-order valence-corrected chi connectivity index (χ1v) is 6.90. The molecule has 4 nitrogen and oxygen atoms in total. The van der Waals surface area contributed by atoms with E-state index >= 15 is 0 Å². The lowest BCUT2D eigenvalue weighted by atomic mass is 10.1. The number of aliphatic hydroxyl groups excluding tert-OH is 1. The van der Waals surface area contributed by atoms with Gasteiger partial charge in [0.05, 0.1) is 12.3 Å². The molecular weight excluding hydrogens is 262 g/mol. The summed E-state index contributed by atoms with van der Waals surface area (Å²) in [5, 5.41) is 8.69. The summed E-state index contributed by atoms with van der Waals surface area (Å²) in [5.41, 5.74) is 3.17. The first-order chi connectivity index (χ1) is 10.3. The lowest BCUT2D eigenvalue weighted by molar-refractivity contribution is 0.305. The topological polar surface area (TPSA) is 49.2 Å². The lowest BCUT2D eigenvalue weighted by Crippen LogP contribution is -2.18. The zero-order chi connectivity index (χ0) is 14.9. The summed E-state index contributed by atoms with van der Waals surface area (Å²) in [5.74, 6) is 5.94. The third-order valence-electron chi connectivity index (χ3n) is 2.92. The molecule has 1 N–H and O–H groups in total. The molecule has 0 amide bonds. The predicted octanol–water partition coefficient (Wildman–Crippen LogP) is 1.84. The highest BCUT2D eigenvalue weighted by atomic mass is 16.2. The predicted molar refractivity (Wildman–Crippen MR) is 82.2 cm³/mol. The van der Waals surface area contributed by atoms with Gasteiger partial charge in [-0.15, -0.1) is 0 Å². The van der Waals surface area contributed by atoms with Crippen LogP contribution in [0.15, 0.2) is 42.9 Å². The van der Waals surface area contributed by atoms with Crippen molar-refractivity contribution in [1.29, 1.82) is 0 Å². The van der Waals surface area contributed by atoms with E-state index in [1.807, 2.05) is 12.1 Å². The first-order valence-electron chi connectivity index (χ1n) is 6.90. The molecule has 1 aromatic carbocycles. The fraction of sp³-hybridized carbons (Fsp3) is 0.294. The highest BCUT2D eigenvalue weighted by Crippen LogP contribution is 2.08. The van der Waals surface area contributed by atoms with Gasteiger partial charge in [-0.3, -0.25) is 14.9 Å². The molecule has 0 saturated carbocycles. The second-order valence-corrected chi connectivity index (χ2v) is 4.84. The fourth-order valence-corrected chi connectivity index (χ4v) is 1.97. The van der Waals surface area contributed by atoms with Crippen LogP contribution in [0.4, 0.5) is 0 Å². The van der Waals surface area contributed by atoms with Crippen LogP contribution in [0.1, 0.15) is 23.2 Å². The monoisotopic (exact) mass is 281 g/mol. The van der Waals surface area contributed by atoms with Crippen LogP contribution >= 0.6 is 0 Å². The molecule has 1 heterocycles. The number of aliphatic hydroxyl groups is 1. The number of nitrogens with zero attached hydrogens (tertiary/aromatic N) is 3. The summed E-state index contributed by atoms with van der Waals surface area (Å²) in [7, 11) is 2.06. The smallest absolute Gasteiger partial charge is 0.0726 e. The summed E-state index contributed by atoms with van der Waals surface area (Å²) in [6, 6.07) is 8.18. The molecule has 2 rings (SSSR count). The Bertz CT molecular complexity index is 599. The summed E-state index contributed by atoms with van der Waals surface area (Å²) >= 11 is 0. The van der Waals surface area contributed by atoms with E-state index < -0.39 is 0 Å². The first kappa shape index (κ1) is 15.2. The van der Waals surface area contributed by atoms with Gasteiger partial charge in [0.15, 0.2) is 0 Å². The second kappa shape index (κ2) is 8.15. The SMILES string of the molecule is CN(Cc1ccc(C#CCCO)cc1)Cc1cnccn1. The van der Waals surface area contributed by atoms with Crippen molar-refractivity contribution >= 4 is 0 Å². The van der Waals surface area contributed by atoms with Gasteiger partial charge in [-0.25, -0.2) is 0 Å². The normalized spacial score (nSPS) is 10.2. The Labute approximate surface area is 125 Å². The Kier molecular flexibility index (Phi) is 5.89. The molecule has 4 heteroatoms. The van der Waals surface area contributed by atoms with E-state index in [2.05, 4.69) is 45.9 Å². The van der Waals surface area contributed by atoms with Crippen molar-refractivity contribution in [1.82, 2.24) is 14.9 Å². The van der Waals surface area contributed by atoms with Crippen LogP contribution in [0.5, 0.6) is 0 Å². The molecule has 0 atom stereocenters. The van der Waals surface area contributed by atoms with E-state index in [1.165, 1.54) is 5.56 Å². The van der Waals surface area contributed by atoms with E-state index in [4.69, 9.17) is 5.11 Å². The van der Waals surface area contributed by atoms with Gasteiger partial charge >= 0.3 is 0 Å². The van der Waals surface area contributed by atoms with Gasteiger partial charge in [0.2, 0.25) is 0 Å². The van der Waals surface area contributed by atoms with Crippen LogP contribution in [-0.4, -0.2) is 33.6 Å². The summed E-state index contributed by atoms with van der Waals surface area (Å²) < 4.78 is 0. The van der Waals surface area contributed by atoms with Crippen molar-refractivity contribution < 1.29 is 5.11 Å². The molecule has 0 unspecified atom stereocenters. The molecule has 0 saturated heterocycles. The van der Waals surface area contributed by atoms with Gasteiger partial charge in [0.25, 0.3) is 0 Å². The van der Waals surface area contributed by atoms with Crippen LogP contribution in [-0.2, 0) is 13.1 Å². The van der Waals surface area contributed by atoms with E-state index in [-0.39, 0.29) is 6.61 Å². The fourth-order valence-electron chi connectivity index (χ4n) is 1.97. The van der Waals surface area contributed by atoms with E-state index in [1.54, 1.807) is 18.6 Å². The number of benzene rings is 1. The molecule has 0 aliphatic carbocycles. The molecule has 21 heavy (non-hydrogen) atoms. The minimum absolute atomic E-state index is 0.109. The molecular formula is C17H19N3O. The molecule has 2 aromatic rings. The van der Waals surface area contributed by atoms with Crippen molar-refractivity contribution in [3.05, 3.63) is 59.7 Å². The Morgan fingerprint density at radius 1 is 1.14 bits per heavy atom. The maximum atomic E-state index is 8.69. The Hall–Kier alpha value is -2.22. The standard InChI is InChI=1S/C17H19N3O/c1-20(14-17-12-18-9-10-19-17)13-16-7-5-15(6-8-16)4-2-3-11-21/h5-10,12,21H,3,11,13-14H2,1H3. The minimum Gasteiger partial charge on any atom is -0.395 e. The highest BCUT2D eigenvalue weighted by molar-refractivity contribution is 5.36. The summed E-state index contributed by atoms with van der Waals surface area (Å²) in [4.78, 5) is 10.5. The summed E-state index contributed by atoms with van der Waals surface area (Å²) in [6.07, 6.45) is 5.70. The van der Waals surface area contributed by atoms with Crippen LogP contribution in [0.3, 0.4) is 0 Å². The number of aromatic nitrogens is 2. The quantitative estimate of drug-likeness (QED) is 0.850. The van der Waals surface area contributed by atoms with Gasteiger partial charge < -0.3 is 5.11 Å². The second-order valence-electron chi connectivity index (χ2n) is 4.84. The van der Waals surface area contributed by atoms with Crippen molar-refractivity contribution in [2.45, 2.75) is 19.5 Å². The Morgan fingerprint density at radius 3 is 2.62 bits per heavy atom. The molecule has 0 fully saturated rings. The average molecular weight is 281 g/mol. The van der Waals surface area contributed by atoms with Crippen molar-refractivity contribution in [2.75, 3.05) is 13.7 Å². The average Bonchev–Trinajstić information content (AvgIpc) is 2.50. The van der Waals surface area contributed by atoms with Crippen LogP contribution in [0.2, 0.25) is 0 Å². The third-order valence-corrected chi connectivity index (χ3v) is 2.92. The molecule has 0 radical (unpaired) electrons. The maximum Gasteiger partial charge on any atom is 0.0726 e. The van der Waals surface area contributed by atoms with Gasteiger partial charge in [-0.05, 0) is 24.7 Å². The number of hydrogen-bond donors (Lipinski definition) is 1. The van der Waals surface area contributed by atoms with E-state index in [0.29, 0.717) is 6.42 Å². The van der Waals surface area contributed by atoms with Gasteiger partial charge in [-0.2, -0.15) is 0 Å². The lowest BCUT2D eigenvalue weighted by Gasteiger charge is -2.15. The van der Waals surface area contributed by atoms with Crippen LogP contribution < -0.4 is 0 Å². The largest absolute Gasteiger partial charge is 0.395 e. The Balaban J connectivity index is 1.90. The molecule has 0 bridgehead atoms. The summed E-state index contributed by atoms with van der Waals surface area (Å²) in [6.45, 7) is 1.73. The Morgan fingerprint density at radius 2 is 1.95 bits per heavy atom. The van der Waals surface area contributed by atoms with Crippen LogP contribution in [0, 0.1) is 11.8 Å². The van der Waals surface area contributed by atoms with Crippen LogP contribution in [0.25, 0.3) is 0 Å². The van der Waals surface area contributed by atoms with Crippen molar-refractivity contribution in [2.24, 2.45) is 0 Å². The highest BCUT2D eigenvalue weighted by Gasteiger charge is 2.02. The van der Waals surface area contributed by atoms with E-state index in [0.717, 1.165) is 24.3 Å². The molecule has 1 aromatic heterocycles. The molecule has 108 valence electrons. The molecule has 0 aliphatic rings. The third kappa shape index (κ3) is 5.35. The van der Waals surface area contributed by atoms with Gasteiger partial charge in [0, 0.05) is 43.7 Å². The number of rotatable bonds is 5. The van der Waals surface area contributed by atoms with Crippen molar-refractivity contribution in [3.63, 3.8) is 0 Å². The van der Waals surface area contributed by atoms with E-state index in [9.17, 15) is 0 Å². The zero-order valence-corrected chi connectivity index (χ0v) is 12.2. The molecule has 0 spiro atoms. The number of hydrogen-bond acceptors (Lipinski definition) is 4. The zero-order valence-electron chi connectivity index (χ0n) is 12.2. The maximum absolute atomic E-state index is 8.69. The van der Waals surface area contributed by atoms with Crippen molar-refractivity contribution in [3.8, 4) is 11.8 Å². The van der Waals surface area contributed by atoms with Gasteiger partial charge in [-0.1, -0.05) is 24.0 Å².